The largest absolute Gasteiger partial charge is 0.417 e. The topological polar surface area (TPSA) is 72.2 Å². The number of amides is 1. The summed E-state index contributed by atoms with van der Waals surface area (Å²) in [6.07, 6.45) is 3.02. The number of nitrogens with zero attached hydrogens (tertiary/aromatic N) is 1. The Morgan fingerprint density at radius 3 is 2.86 bits per heavy atom. The highest BCUT2D eigenvalue weighted by atomic mass is 19.1. The molecule has 1 amide bonds. The average molecular weight is 284 g/mol. The van der Waals surface area contributed by atoms with Crippen molar-refractivity contribution >= 4 is 22.4 Å². The third-order valence-corrected chi connectivity index (χ3v) is 2.87. The molecular weight excluding hydrogens is 275 g/mol. The van der Waals surface area contributed by atoms with Crippen LogP contribution in [0.15, 0.2) is 58.0 Å². The van der Waals surface area contributed by atoms with Crippen molar-refractivity contribution in [3.8, 4) is 0 Å². The standard InChI is InChI=1S/C15H9FN2O3/c16-10-3-4-12-9(6-10)7-13(21-15(12)20)14(19)18-11-2-1-5-17-8-11/h1-8H,(H,18,19). The summed E-state index contributed by atoms with van der Waals surface area (Å²) in [6.45, 7) is 0. The number of aromatic nitrogens is 1. The Labute approximate surface area is 118 Å². The van der Waals surface area contributed by atoms with Crippen LogP contribution in [0.2, 0.25) is 0 Å². The minimum Gasteiger partial charge on any atom is -0.417 e. The van der Waals surface area contributed by atoms with Gasteiger partial charge in [-0.2, -0.15) is 0 Å². The molecule has 0 aliphatic carbocycles. The summed E-state index contributed by atoms with van der Waals surface area (Å²) in [7, 11) is 0. The van der Waals surface area contributed by atoms with Crippen molar-refractivity contribution in [3.05, 3.63) is 70.8 Å². The molecule has 2 aromatic heterocycles. The van der Waals surface area contributed by atoms with Gasteiger partial charge in [-0.1, -0.05) is 0 Å². The van der Waals surface area contributed by atoms with Crippen LogP contribution >= 0.6 is 0 Å². The Balaban J connectivity index is 2.00. The number of carbonyl (C=O) groups is 1. The lowest BCUT2D eigenvalue weighted by molar-refractivity contribution is 0.0993. The third-order valence-electron chi connectivity index (χ3n) is 2.87. The van der Waals surface area contributed by atoms with Crippen LogP contribution in [0.1, 0.15) is 10.6 Å². The Morgan fingerprint density at radius 2 is 2.10 bits per heavy atom. The molecule has 3 aromatic rings. The summed E-state index contributed by atoms with van der Waals surface area (Å²) in [5.41, 5.74) is -0.228. The van der Waals surface area contributed by atoms with Crippen LogP contribution < -0.4 is 10.9 Å². The second-order valence-corrected chi connectivity index (χ2v) is 4.33. The molecule has 5 nitrogen and oxygen atoms in total. The predicted molar refractivity (Wildman–Crippen MR) is 74.6 cm³/mol. The first-order valence-electron chi connectivity index (χ1n) is 6.08. The highest BCUT2D eigenvalue weighted by molar-refractivity contribution is 6.03. The number of carbonyl (C=O) groups excluding carboxylic acids is 1. The fourth-order valence-electron chi connectivity index (χ4n) is 1.91. The predicted octanol–water partition coefficient (Wildman–Crippen LogP) is 2.58. The first-order valence-corrected chi connectivity index (χ1v) is 6.08. The fraction of sp³-hybridized carbons (Fsp3) is 0. The summed E-state index contributed by atoms with van der Waals surface area (Å²) in [5.74, 6) is -1.29. The van der Waals surface area contributed by atoms with E-state index >= 15 is 0 Å². The van der Waals surface area contributed by atoms with Crippen LogP contribution in [-0.4, -0.2) is 10.9 Å². The zero-order valence-electron chi connectivity index (χ0n) is 10.7. The number of nitrogens with one attached hydrogen (secondary N) is 1. The van der Waals surface area contributed by atoms with Crippen molar-refractivity contribution in [2.45, 2.75) is 0 Å². The molecule has 0 atom stereocenters. The number of hydrogen-bond donors (Lipinski definition) is 1. The molecule has 1 aromatic carbocycles. The zero-order valence-corrected chi connectivity index (χ0v) is 10.7. The maximum absolute atomic E-state index is 13.2. The van der Waals surface area contributed by atoms with Gasteiger partial charge in [-0.05, 0) is 41.8 Å². The highest BCUT2D eigenvalue weighted by Gasteiger charge is 2.13. The van der Waals surface area contributed by atoms with E-state index in [-0.39, 0.29) is 11.1 Å². The van der Waals surface area contributed by atoms with Gasteiger partial charge in [0.15, 0.2) is 5.76 Å². The van der Waals surface area contributed by atoms with Crippen molar-refractivity contribution in [2.75, 3.05) is 5.32 Å². The molecular formula is C15H9FN2O3. The molecule has 104 valence electrons. The lowest BCUT2D eigenvalue weighted by Crippen LogP contribution is -2.15. The summed E-state index contributed by atoms with van der Waals surface area (Å²) in [4.78, 5) is 27.7. The van der Waals surface area contributed by atoms with Gasteiger partial charge < -0.3 is 9.73 Å². The number of fused-ring (bicyclic) bond motifs is 1. The van der Waals surface area contributed by atoms with E-state index in [1.54, 1.807) is 18.3 Å². The van der Waals surface area contributed by atoms with Gasteiger partial charge in [0.2, 0.25) is 0 Å². The van der Waals surface area contributed by atoms with E-state index in [9.17, 15) is 14.0 Å². The maximum atomic E-state index is 13.2. The van der Waals surface area contributed by atoms with Crippen LogP contribution in [0.4, 0.5) is 10.1 Å². The monoisotopic (exact) mass is 284 g/mol. The second-order valence-electron chi connectivity index (χ2n) is 4.33. The van der Waals surface area contributed by atoms with E-state index < -0.39 is 17.3 Å². The van der Waals surface area contributed by atoms with Crippen LogP contribution in [-0.2, 0) is 0 Å². The van der Waals surface area contributed by atoms with Crippen molar-refractivity contribution in [2.24, 2.45) is 0 Å². The van der Waals surface area contributed by atoms with Gasteiger partial charge in [0.25, 0.3) is 5.91 Å². The van der Waals surface area contributed by atoms with Crippen LogP contribution in [0.5, 0.6) is 0 Å². The van der Waals surface area contributed by atoms with Gasteiger partial charge in [0.05, 0.1) is 17.3 Å². The van der Waals surface area contributed by atoms with Crippen molar-refractivity contribution in [1.29, 1.82) is 0 Å². The molecule has 2 heterocycles. The Bertz CT molecular complexity index is 875. The molecule has 0 fully saturated rings. The lowest BCUT2D eigenvalue weighted by atomic mass is 10.1. The quantitative estimate of drug-likeness (QED) is 0.785. The molecule has 0 unspecified atom stereocenters. The zero-order chi connectivity index (χ0) is 14.8. The van der Waals surface area contributed by atoms with Gasteiger partial charge in [-0.3, -0.25) is 9.78 Å². The number of benzene rings is 1. The molecule has 0 saturated heterocycles. The SMILES string of the molecule is O=C(Nc1cccnc1)c1cc2cc(F)ccc2c(=O)o1. The smallest absolute Gasteiger partial charge is 0.344 e. The van der Waals surface area contributed by atoms with E-state index in [2.05, 4.69) is 10.3 Å². The van der Waals surface area contributed by atoms with Gasteiger partial charge in [0, 0.05) is 6.20 Å². The summed E-state index contributed by atoms with van der Waals surface area (Å²) in [6, 6.07) is 8.28. The molecule has 0 aliphatic rings. The third kappa shape index (κ3) is 2.64. The molecule has 3 rings (SSSR count). The lowest BCUT2D eigenvalue weighted by Gasteiger charge is -2.04. The average Bonchev–Trinajstić information content (AvgIpc) is 2.47. The highest BCUT2D eigenvalue weighted by Crippen LogP contribution is 2.15. The molecule has 0 radical (unpaired) electrons. The first kappa shape index (κ1) is 13.0. The Kier molecular flexibility index (Phi) is 3.19. The van der Waals surface area contributed by atoms with Gasteiger partial charge >= 0.3 is 5.63 Å². The minimum atomic E-state index is -0.691. The number of anilines is 1. The number of rotatable bonds is 2. The molecule has 6 heteroatoms. The minimum absolute atomic E-state index is 0.193. The van der Waals surface area contributed by atoms with Crippen LogP contribution in [0.3, 0.4) is 0 Å². The van der Waals surface area contributed by atoms with E-state index in [1.165, 1.54) is 24.4 Å². The Morgan fingerprint density at radius 1 is 1.24 bits per heavy atom. The van der Waals surface area contributed by atoms with Crippen molar-refractivity contribution in [1.82, 2.24) is 4.98 Å². The fourth-order valence-corrected chi connectivity index (χ4v) is 1.91. The number of halogens is 1. The summed E-state index contributed by atoms with van der Waals surface area (Å²) in [5, 5.41) is 3.06. The van der Waals surface area contributed by atoms with E-state index in [0.717, 1.165) is 6.07 Å². The number of hydrogen-bond acceptors (Lipinski definition) is 4. The van der Waals surface area contributed by atoms with Gasteiger partial charge in [-0.25, -0.2) is 9.18 Å². The molecule has 0 bridgehead atoms. The van der Waals surface area contributed by atoms with E-state index in [4.69, 9.17) is 4.42 Å². The second kappa shape index (κ2) is 5.16. The van der Waals surface area contributed by atoms with Crippen molar-refractivity contribution < 1.29 is 13.6 Å². The van der Waals surface area contributed by atoms with Gasteiger partial charge in [0.1, 0.15) is 5.82 Å². The summed E-state index contributed by atoms with van der Waals surface area (Å²) < 4.78 is 18.2. The van der Waals surface area contributed by atoms with E-state index in [1.807, 2.05) is 0 Å². The normalized spacial score (nSPS) is 10.5. The first-order chi connectivity index (χ1) is 10.1. The van der Waals surface area contributed by atoms with Crippen LogP contribution in [0.25, 0.3) is 10.8 Å². The molecule has 0 saturated carbocycles. The molecule has 0 spiro atoms. The molecule has 21 heavy (non-hydrogen) atoms. The Hall–Kier alpha value is -3.02. The molecule has 0 aliphatic heterocycles. The maximum Gasteiger partial charge on any atom is 0.344 e. The summed E-state index contributed by atoms with van der Waals surface area (Å²) >= 11 is 0. The number of pyridine rings is 1. The van der Waals surface area contributed by atoms with Gasteiger partial charge in [-0.15, -0.1) is 0 Å². The molecule has 1 N–H and O–H groups in total. The van der Waals surface area contributed by atoms with E-state index in [0.29, 0.717) is 11.1 Å². The van der Waals surface area contributed by atoms with Crippen molar-refractivity contribution in [3.63, 3.8) is 0 Å². The van der Waals surface area contributed by atoms with Crippen LogP contribution in [0, 0.1) is 5.82 Å².